The minimum atomic E-state index is 0.301. The van der Waals surface area contributed by atoms with Gasteiger partial charge in [0.2, 0.25) is 0 Å². The summed E-state index contributed by atoms with van der Waals surface area (Å²) in [6, 6.07) is 10.4. The van der Waals surface area contributed by atoms with Crippen molar-refractivity contribution in [3.05, 3.63) is 47.2 Å². The molecule has 0 spiro atoms. The summed E-state index contributed by atoms with van der Waals surface area (Å²) < 4.78 is 0. The van der Waals surface area contributed by atoms with Crippen molar-refractivity contribution in [2.24, 2.45) is 0 Å². The average molecular weight is 235 g/mol. The second-order valence-corrected chi connectivity index (χ2v) is 4.57. The average Bonchev–Trinajstić information content (AvgIpc) is 2.85. The number of hydrogen-bond donors (Lipinski definition) is 1. The number of anilines is 1. The summed E-state index contributed by atoms with van der Waals surface area (Å²) in [5.41, 5.74) is 11.0. The standard InChI is InChI=1S/C15H13N3/c16-9-14-13(6-7-18-15(14)17)12-5-4-10-2-1-3-11(10)8-12/h4-8H,1-3H2,(H2,17,18). The maximum atomic E-state index is 9.18. The van der Waals surface area contributed by atoms with E-state index < -0.39 is 0 Å². The van der Waals surface area contributed by atoms with Gasteiger partial charge in [-0.3, -0.25) is 0 Å². The molecule has 0 unspecified atom stereocenters. The summed E-state index contributed by atoms with van der Waals surface area (Å²) >= 11 is 0. The molecule has 88 valence electrons. The summed E-state index contributed by atoms with van der Waals surface area (Å²) in [4.78, 5) is 3.96. The van der Waals surface area contributed by atoms with Crippen LogP contribution in [0.4, 0.5) is 5.82 Å². The highest BCUT2D eigenvalue weighted by atomic mass is 14.8. The van der Waals surface area contributed by atoms with Crippen molar-refractivity contribution in [1.82, 2.24) is 4.98 Å². The number of nitriles is 1. The highest BCUT2D eigenvalue weighted by Gasteiger charge is 2.14. The van der Waals surface area contributed by atoms with E-state index >= 15 is 0 Å². The van der Waals surface area contributed by atoms with Crippen LogP contribution in [-0.4, -0.2) is 4.98 Å². The van der Waals surface area contributed by atoms with Gasteiger partial charge in [-0.15, -0.1) is 0 Å². The number of rotatable bonds is 1. The Morgan fingerprint density at radius 3 is 2.83 bits per heavy atom. The van der Waals surface area contributed by atoms with Gasteiger partial charge < -0.3 is 5.73 Å². The van der Waals surface area contributed by atoms with E-state index in [9.17, 15) is 5.26 Å². The second-order valence-electron chi connectivity index (χ2n) is 4.57. The van der Waals surface area contributed by atoms with Crippen LogP contribution >= 0.6 is 0 Å². The molecular formula is C15H13N3. The number of hydrogen-bond acceptors (Lipinski definition) is 3. The molecule has 0 saturated carbocycles. The van der Waals surface area contributed by atoms with Crippen molar-refractivity contribution in [2.45, 2.75) is 19.3 Å². The molecule has 1 aromatic carbocycles. The molecule has 0 bridgehead atoms. The summed E-state index contributed by atoms with van der Waals surface area (Å²) in [6.07, 6.45) is 5.17. The maximum absolute atomic E-state index is 9.18. The Kier molecular flexibility index (Phi) is 2.49. The van der Waals surface area contributed by atoms with Crippen LogP contribution in [0.5, 0.6) is 0 Å². The summed E-state index contributed by atoms with van der Waals surface area (Å²) in [7, 11) is 0. The van der Waals surface area contributed by atoms with E-state index in [2.05, 4.69) is 29.3 Å². The van der Waals surface area contributed by atoms with Crippen LogP contribution in [0.2, 0.25) is 0 Å². The van der Waals surface area contributed by atoms with Crippen LogP contribution < -0.4 is 5.73 Å². The Hall–Kier alpha value is -2.34. The summed E-state index contributed by atoms with van der Waals surface area (Å²) in [5.74, 6) is 0.301. The van der Waals surface area contributed by atoms with E-state index in [1.165, 1.54) is 24.0 Å². The van der Waals surface area contributed by atoms with Crippen LogP contribution in [0.3, 0.4) is 0 Å². The lowest BCUT2D eigenvalue weighted by molar-refractivity contribution is 0.912. The summed E-state index contributed by atoms with van der Waals surface area (Å²) in [5, 5.41) is 9.18. The number of nitrogens with two attached hydrogens (primary N) is 1. The Balaban J connectivity index is 2.16. The zero-order valence-corrected chi connectivity index (χ0v) is 9.98. The first-order chi connectivity index (χ1) is 8.79. The van der Waals surface area contributed by atoms with Gasteiger partial charge in [0, 0.05) is 11.8 Å². The van der Waals surface area contributed by atoms with Gasteiger partial charge in [-0.1, -0.05) is 18.2 Å². The van der Waals surface area contributed by atoms with Crippen molar-refractivity contribution in [3.63, 3.8) is 0 Å². The van der Waals surface area contributed by atoms with Crippen molar-refractivity contribution in [1.29, 1.82) is 5.26 Å². The van der Waals surface area contributed by atoms with Gasteiger partial charge in [-0.05, 0) is 42.0 Å². The van der Waals surface area contributed by atoms with Crippen molar-refractivity contribution < 1.29 is 0 Å². The third-order valence-corrected chi connectivity index (χ3v) is 3.50. The summed E-state index contributed by atoms with van der Waals surface area (Å²) in [6.45, 7) is 0. The molecule has 18 heavy (non-hydrogen) atoms. The minimum absolute atomic E-state index is 0.301. The fourth-order valence-corrected chi connectivity index (χ4v) is 2.58. The van der Waals surface area contributed by atoms with Gasteiger partial charge >= 0.3 is 0 Å². The van der Waals surface area contributed by atoms with E-state index in [-0.39, 0.29) is 0 Å². The zero-order valence-electron chi connectivity index (χ0n) is 9.98. The topological polar surface area (TPSA) is 62.7 Å². The highest BCUT2D eigenvalue weighted by Crippen LogP contribution is 2.30. The van der Waals surface area contributed by atoms with E-state index in [4.69, 9.17) is 5.73 Å². The lowest BCUT2D eigenvalue weighted by Crippen LogP contribution is -1.97. The predicted molar refractivity (Wildman–Crippen MR) is 70.8 cm³/mol. The van der Waals surface area contributed by atoms with Crippen molar-refractivity contribution in [3.8, 4) is 17.2 Å². The van der Waals surface area contributed by atoms with Gasteiger partial charge in [0.05, 0.1) is 0 Å². The molecule has 2 aromatic rings. The Bertz CT molecular complexity index is 653. The van der Waals surface area contributed by atoms with Crippen LogP contribution in [0.25, 0.3) is 11.1 Å². The second kappa shape index (κ2) is 4.15. The number of nitrogens with zero attached hydrogens (tertiary/aromatic N) is 2. The first-order valence-corrected chi connectivity index (χ1v) is 6.06. The Labute approximate surface area is 106 Å². The monoisotopic (exact) mass is 235 g/mol. The Morgan fingerprint density at radius 2 is 2.00 bits per heavy atom. The predicted octanol–water partition coefficient (Wildman–Crippen LogP) is 2.69. The number of fused-ring (bicyclic) bond motifs is 1. The lowest BCUT2D eigenvalue weighted by atomic mass is 9.98. The SMILES string of the molecule is N#Cc1c(-c2ccc3c(c2)CCC3)ccnc1N. The fourth-order valence-electron chi connectivity index (χ4n) is 2.58. The number of aryl methyl sites for hydroxylation is 2. The van der Waals surface area contributed by atoms with Gasteiger partial charge in [-0.2, -0.15) is 5.26 Å². The molecule has 1 aromatic heterocycles. The number of aromatic nitrogens is 1. The fraction of sp³-hybridized carbons (Fsp3) is 0.200. The van der Waals surface area contributed by atoms with E-state index in [1.807, 2.05) is 6.07 Å². The molecule has 3 heteroatoms. The number of nitrogen functional groups attached to an aromatic ring is 1. The molecule has 1 aliphatic rings. The quantitative estimate of drug-likeness (QED) is 0.826. The molecule has 0 aliphatic heterocycles. The smallest absolute Gasteiger partial charge is 0.141 e. The normalized spacial score (nSPS) is 13.1. The van der Waals surface area contributed by atoms with Gasteiger partial charge in [0.1, 0.15) is 17.5 Å². The molecular weight excluding hydrogens is 222 g/mol. The van der Waals surface area contributed by atoms with Crippen LogP contribution in [-0.2, 0) is 12.8 Å². The zero-order chi connectivity index (χ0) is 12.5. The lowest BCUT2D eigenvalue weighted by Gasteiger charge is -2.08. The molecule has 0 saturated heterocycles. The maximum Gasteiger partial charge on any atom is 0.141 e. The molecule has 0 radical (unpaired) electrons. The van der Waals surface area contributed by atoms with Gasteiger partial charge in [0.15, 0.2) is 0 Å². The van der Waals surface area contributed by atoms with E-state index in [0.29, 0.717) is 11.4 Å². The molecule has 1 aliphatic carbocycles. The van der Waals surface area contributed by atoms with Gasteiger partial charge in [0.25, 0.3) is 0 Å². The third-order valence-electron chi connectivity index (χ3n) is 3.50. The minimum Gasteiger partial charge on any atom is -0.383 e. The van der Waals surface area contributed by atoms with Crippen LogP contribution in [0.15, 0.2) is 30.5 Å². The van der Waals surface area contributed by atoms with Crippen molar-refractivity contribution >= 4 is 5.82 Å². The molecule has 2 N–H and O–H groups in total. The number of benzene rings is 1. The number of pyridine rings is 1. The van der Waals surface area contributed by atoms with Crippen LogP contribution in [0.1, 0.15) is 23.1 Å². The largest absolute Gasteiger partial charge is 0.383 e. The molecule has 3 rings (SSSR count). The molecule has 0 amide bonds. The Morgan fingerprint density at radius 1 is 1.17 bits per heavy atom. The van der Waals surface area contributed by atoms with E-state index in [0.717, 1.165) is 17.5 Å². The first-order valence-electron chi connectivity index (χ1n) is 6.06. The molecule has 0 atom stereocenters. The first kappa shape index (κ1) is 10.8. The van der Waals surface area contributed by atoms with Crippen molar-refractivity contribution in [2.75, 3.05) is 5.73 Å². The molecule has 3 nitrogen and oxygen atoms in total. The third kappa shape index (κ3) is 1.63. The van der Waals surface area contributed by atoms with Gasteiger partial charge in [-0.25, -0.2) is 4.98 Å². The molecule has 0 fully saturated rings. The van der Waals surface area contributed by atoms with E-state index in [1.54, 1.807) is 6.20 Å². The van der Waals surface area contributed by atoms with Crippen LogP contribution in [0, 0.1) is 11.3 Å². The highest BCUT2D eigenvalue weighted by molar-refractivity contribution is 5.75. The molecule has 1 heterocycles.